The van der Waals surface area contributed by atoms with Gasteiger partial charge in [-0.1, -0.05) is 18.2 Å². The second kappa shape index (κ2) is 7.50. The molecule has 0 aliphatic carbocycles. The number of fused-ring (bicyclic) bond motifs is 1. The second-order valence-electron chi connectivity index (χ2n) is 7.15. The van der Waals surface area contributed by atoms with Gasteiger partial charge in [-0.2, -0.15) is 10.2 Å². The van der Waals surface area contributed by atoms with Crippen molar-refractivity contribution < 1.29 is 4.79 Å². The highest BCUT2D eigenvalue weighted by Gasteiger charge is 2.16. The first-order valence-electron chi connectivity index (χ1n) is 9.67. The third kappa shape index (κ3) is 3.63. The monoisotopic (exact) mass is 388 g/mol. The highest BCUT2D eigenvalue weighted by molar-refractivity contribution is 6.07. The molecule has 0 fully saturated rings. The number of amides is 1. The van der Waals surface area contributed by atoms with Crippen LogP contribution in [0.4, 0.5) is 0 Å². The summed E-state index contributed by atoms with van der Waals surface area (Å²) in [4.78, 5) is 17.9. The molecule has 0 saturated heterocycles. The summed E-state index contributed by atoms with van der Waals surface area (Å²) in [6.45, 7) is 7.18. The smallest absolute Gasteiger partial charge is 0.252 e. The van der Waals surface area contributed by atoms with Gasteiger partial charge in [0.2, 0.25) is 0 Å². The van der Waals surface area contributed by atoms with Gasteiger partial charge in [0, 0.05) is 49.0 Å². The quantitative estimate of drug-likeness (QED) is 0.568. The van der Waals surface area contributed by atoms with Crippen molar-refractivity contribution in [2.45, 2.75) is 33.9 Å². The van der Waals surface area contributed by atoms with Crippen LogP contribution in [-0.2, 0) is 20.1 Å². The Kier molecular flexibility index (Phi) is 4.88. The molecule has 0 bridgehead atoms. The Bertz CT molecular complexity index is 1200. The molecule has 1 N–H and O–H groups in total. The molecule has 0 aliphatic heterocycles. The third-order valence-electron chi connectivity index (χ3n) is 5.06. The Labute approximate surface area is 169 Å². The maximum absolute atomic E-state index is 13.1. The first kappa shape index (κ1) is 18.9. The van der Waals surface area contributed by atoms with Crippen LogP contribution >= 0.6 is 0 Å². The van der Waals surface area contributed by atoms with Crippen molar-refractivity contribution in [3.8, 4) is 11.3 Å². The second-order valence-corrected chi connectivity index (χ2v) is 7.15. The number of carbonyl (C=O) groups excluding carboxylic acids is 1. The topological polar surface area (TPSA) is 77.6 Å². The average Bonchev–Trinajstić information content (AvgIpc) is 3.25. The van der Waals surface area contributed by atoms with E-state index in [0.29, 0.717) is 12.1 Å². The molecule has 29 heavy (non-hydrogen) atoms. The van der Waals surface area contributed by atoms with Crippen LogP contribution in [0.2, 0.25) is 0 Å². The summed E-state index contributed by atoms with van der Waals surface area (Å²) in [7, 11) is 1.88. The predicted molar refractivity (Wildman–Crippen MR) is 112 cm³/mol. The zero-order chi connectivity index (χ0) is 20.5. The minimum Gasteiger partial charge on any atom is -0.348 e. The van der Waals surface area contributed by atoms with Crippen LogP contribution < -0.4 is 5.32 Å². The van der Waals surface area contributed by atoms with Crippen molar-refractivity contribution in [1.82, 2.24) is 29.9 Å². The molecular weight excluding hydrogens is 364 g/mol. The van der Waals surface area contributed by atoms with Crippen molar-refractivity contribution in [2.24, 2.45) is 7.05 Å². The highest BCUT2D eigenvalue weighted by atomic mass is 16.1. The van der Waals surface area contributed by atoms with E-state index in [9.17, 15) is 4.79 Å². The van der Waals surface area contributed by atoms with Gasteiger partial charge in [-0.15, -0.1) is 0 Å². The largest absolute Gasteiger partial charge is 0.348 e. The maximum Gasteiger partial charge on any atom is 0.252 e. The van der Waals surface area contributed by atoms with Crippen molar-refractivity contribution >= 4 is 16.8 Å². The molecule has 4 rings (SSSR count). The highest BCUT2D eigenvalue weighted by Crippen LogP contribution is 2.26. The van der Waals surface area contributed by atoms with Crippen LogP contribution in [0.1, 0.15) is 34.2 Å². The Balaban J connectivity index is 1.70. The minimum atomic E-state index is -0.130. The fraction of sp³-hybridized carbons (Fsp3) is 0.273. The molecular formula is C22H24N6O. The number of benzene rings is 1. The molecule has 0 aliphatic rings. The van der Waals surface area contributed by atoms with Crippen LogP contribution in [0.5, 0.6) is 0 Å². The summed E-state index contributed by atoms with van der Waals surface area (Å²) in [5.41, 5.74) is 5.88. The van der Waals surface area contributed by atoms with Gasteiger partial charge < -0.3 is 5.32 Å². The van der Waals surface area contributed by atoms with Gasteiger partial charge in [0.05, 0.1) is 28.2 Å². The lowest BCUT2D eigenvalue weighted by Gasteiger charge is -2.10. The number of carbonyl (C=O) groups is 1. The molecule has 3 heterocycles. The zero-order valence-electron chi connectivity index (χ0n) is 17.1. The van der Waals surface area contributed by atoms with Crippen LogP contribution in [0.25, 0.3) is 22.2 Å². The third-order valence-corrected chi connectivity index (χ3v) is 5.06. The molecule has 0 atom stereocenters. The number of pyridine rings is 1. The standard InChI is InChI=1S/C22H24N6O/c1-5-28-12-16(14(2)26-28)11-23-22(29)18-10-21(19-13-27(4)25-15(19)3)24-20-9-7-6-8-17(18)20/h6-10,12-13H,5,11H2,1-4H3,(H,23,29). The zero-order valence-corrected chi connectivity index (χ0v) is 17.1. The fourth-order valence-electron chi connectivity index (χ4n) is 3.52. The summed E-state index contributed by atoms with van der Waals surface area (Å²) in [5, 5.41) is 12.7. The van der Waals surface area contributed by atoms with Crippen LogP contribution in [0, 0.1) is 13.8 Å². The molecule has 4 aromatic rings. The van der Waals surface area contributed by atoms with Gasteiger partial charge in [-0.25, -0.2) is 4.98 Å². The van der Waals surface area contributed by atoms with Crippen LogP contribution in [0.15, 0.2) is 42.7 Å². The van der Waals surface area contributed by atoms with Crippen LogP contribution in [-0.4, -0.2) is 30.5 Å². The van der Waals surface area contributed by atoms with Crippen LogP contribution in [0.3, 0.4) is 0 Å². The molecule has 7 nitrogen and oxygen atoms in total. The summed E-state index contributed by atoms with van der Waals surface area (Å²) < 4.78 is 3.64. The van der Waals surface area contributed by atoms with E-state index in [2.05, 4.69) is 15.5 Å². The molecule has 0 unspecified atom stereocenters. The average molecular weight is 388 g/mol. The number of rotatable bonds is 5. The Morgan fingerprint density at radius 1 is 1.10 bits per heavy atom. The minimum absolute atomic E-state index is 0.130. The number of aryl methyl sites for hydroxylation is 4. The van der Waals surface area contributed by atoms with E-state index in [-0.39, 0.29) is 5.91 Å². The predicted octanol–water partition coefficient (Wildman–Crippen LogP) is 3.40. The molecule has 0 spiro atoms. The van der Waals surface area contributed by atoms with Gasteiger partial charge in [0.1, 0.15) is 0 Å². The van der Waals surface area contributed by atoms with Gasteiger partial charge in [0.15, 0.2) is 0 Å². The van der Waals surface area contributed by atoms with Crippen molar-refractivity contribution in [2.75, 3.05) is 0 Å². The maximum atomic E-state index is 13.1. The lowest BCUT2D eigenvalue weighted by atomic mass is 10.0. The Hall–Kier alpha value is -3.48. The number of nitrogens with zero attached hydrogens (tertiary/aromatic N) is 5. The summed E-state index contributed by atoms with van der Waals surface area (Å²) in [5.74, 6) is -0.130. The van der Waals surface area contributed by atoms with E-state index < -0.39 is 0 Å². The summed E-state index contributed by atoms with van der Waals surface area (Å²) in [6, 6.07) is 9.56. The molecule has 1 aromatic carbocycles. The van der Waals surface area contributed by atoms with Crippen molar-refractivity contribution in [3.05, 3.63) is 65.2 Å². The summed E-state index contributed by atoms with van der Waals surface area (Å²) in [6.07, 6.45) is 3.90. The summed E-state index contributed by atoms with van der Waals surface area (Å²) >= 11 is 0. The molecule has 148 valence electrons. The van der Waals surface area contributed by atoms with E-state index in [4.69, 9.17) is 4.98 Å². The molecule has 1 amide bonds. The lowest BCUT2D eigenvalue weighted by Crippen LogP contribution is -2.23. The SMILES string of the molecule is CCn1cc(CNC(=O)c2cc(-c3cn(C)nc3C)nc3ccccc23)c(C)n1. The van der Waals surface area contributed by atoms with E-state index in [1.165, 1.54) is 0 Å². The Morgan fingerprint density at radius 3 is 2.59 bits per heavy atom. The van der Waals surface area contributed by atoms with Gasteiger partial charge in [-0.3, -0.25) is 14.2 Å². The number of hydrogen-bond donors (Lipinski definition) is 1. The van der Waals surface area contributed by atoms with E-state index in [1.54, 1.807) is 4.68 Å². The number of nitrogens with one attached hydrogen (secondary N) is 1. The number of aromatic nitrogens is 5. The fourth-order valence-corrected chi connectivity index (χ4v) is 3.52. The molecule has 0 saturated carbocycles. The lowest BCUT2D eigenvalue weighted by molar-refractivity contribution is 0.0952. The van der Waals surface area contributed by atoms with E-state index in [0.717, 1.165) is 45.7 Å². The first-order chi connectivity index (χ1) is 14.0. The van der Waals surface area contributed by atoms with Gasteiger partial charge >= 0.3 is 0 Å². The molecule has 0 radical (unpaired) electrons. The molecule has 7 heteroatoms. The number of hydrogen-bond acceptors (Lipinski definition) is 4. The van der Waals surface area contributed by atoms with E-state index >= 15 is 0 Å². The normalized spacial score (nSPS) is 11.2. The molecule has 3 aromatic heterocycles. The number of para-hydroxylation sites is 1. The van der Waals surface area contributed by atoms with Gasteiger partial charge in [0.25, 0.3) is 5.91 Å². The Morgan fingerprint density at radius 2 is 1.90 bits per heavy atom. The van der Waals surface area contributed by atoms with Crippen molar-refractivity contribution in [1.29, 1.82) is 0 Å². The van der Waals surface area contributed by atoms with Crippen molar-refractivity contribution in [3.63, 3.8) is 0 Å². The van der Waals surface area contributed by atoms with Gasteiger partial charge in [-0.05, 0) is 32.9 Å². The van der Waals surface area contributed by atoms with E-state index in [1.807, 2.05) is 75.2 Å². The first-order valence-corrected chi connectivity index (χ1v) is 9.67.